The van der Waals surface area contributed by atoms with Gasteiger partial charge in [-0.3, -0.25) is 4.79 Å². The Hall–Kier alpha value is -1.75. The van der Waals surface area contributed by atoms with Crippen LogP contribution in [0.5, 0.6) is 11.5 Å². The minimum Gasteiger partial charge on any atom is -0.493 e. The summed E-state index contributed by atoms with van der Waals surface area (Å²) in [4.78, 5) is 11.9. The summed E-state index contributed by atoms with van der Waals surface area (Å²) < 4.78 is 10.7. The predicted octanol–water partition coefficient (Wildman–Crippen LogP) is 1.80. The van der Waals surface area contributed by atoms with Gasteiger partial charge in [0.2, 0.25) is 0 Å². The van der Waals surface area contributed by atoms with Gasteiger partial charge in [-0.25, -0.2) is 0 Å². The summed E-state index contributed by atoms with van der Waals surface area (Å²) in [5, 5.41) is 12.7. The number of aliphatic hydroxyl groups is 1. The van der Waals surface area contributed by atoms with Gasteiger partial charge in [0.15, 0.2) is 18.1 Å². The van der Waals surface area contributed by atoms with Crippen LogP contribution >= 0.6 is 0 Å². The van der Waals surface area contributed by atoms with Gasteiger partial charge in [-0.05, 0) is 37.5 Å². The maximum absolute atomic E-state index is 11.9. The molecule has 0 spiro atoms. The summed E-state index contributed by atoms with van der Waals surface area (Å²) in [6.45, 7) is 1.88. The highest BCUT2D eigenvalue weighted by molar-refractivity contribution is 5.78. The maximum Gasteiger partial charge on any atom is 0.258 e. The molecule has 1 aromatic rings. The van der Waals surface area contributed by atoms with Gasteiger partial charge in [0.1, 0.15) is 0 Å². The number of rotatable bonds is 5. The van der Waals surface area contributed by atoms with Gasteiger partial charge < -0.3 is 19.9 Å². The SMILES string of the molecule is COc1cc(C)ccc1OCC(=O)NC1CCCCC1O. The smallest absolute Gasteiger partial charge is 0.258 e. The maximum atomic E-state index is 11.9. The van der Waals surface area contributed by atoms with Crippen molar-refractivity contribution in [2.75, 3.05) is 13.7 Å². The first-order chi connectivity index (χ1) is 10.1. The second-order valence-electron chi connectivity index (χ2n) is 5.47. The average molecular weight is 293 g/mol. The molecule has 5 nitrogen and oxygen atoms in total. The predicted molar refractivity (Wildman–Crippen MR) is 79.6 cm³/mol. The molecule has 1 aliphatic rings. The highest BCUT2D eigenvalue weighted by atomic mass is 16.5. The van der Waals surface area contributed by atoms with Gasteiger partial charge in [-0.15, -0.1) is 0 Å². The lowest BCUT2D eigenvalue weighted by Crippen LogP contribution is -2.46. The number of amides is 1. The molecule has 2 N–H and O–H groups in total. The van der Waals surface area contributed by atoms with E-state index in [9.17, 15) is 9.90 Å². The van der Waals surface area contributed by atoms with Gasteiger partial charge in [0.25, 0.3) is 5.91 Å². The summed E-state index contributed by atoms with van der Waals surface area (Å²) in [5.74, 6) is 0.937. The van der Waals surface area contributed by atoms with E-state index in [1.165, 1.54) is 0 Å². The minimum absolute atomic E-state index is 0.0807. The molecule has 1 aliphatic carbocycles. The lowest BCUT2D eigenvalue weighted by Gasteiger charge is -2.28. The molecule has 0 bridgehead atoms. The second-order valence-corrected chi connectivity index (χ2v) is 5.47. The van der Waals surface area contributed by atoms with Crippen molar-refractivity contribution in [3.05, 3.63) is 23.8 Å². The zero-order valence-electron chi connectivity index (χ0n) is 12.6. The van der Waals surface area contributed by atoms with Crippen molar-refractivity contribution < 1.29 is 19.4 Å². The van der Waals surface area contributed by atoms with Crippen molar-refractivity contribution >= 4 is 5.91 Å². The summed E-state index contributed by atoms with van der Waals surface area (Å²) in [6.07, 6.45) is 3.18. The van der Waals surface area contributed by atoms with Crippen molar-refractivity contribution in [2.24, 2.45) is 0 Å². The normalized spacial score (nSPS) is 21.7. The van der Waals surface area contributed by atoms with Crippen LogP contribution in [0.1, 0.15) is 31.2 Å². The number of carbonyl (C=O) groups is 1. The quantitative estimate of drug-likeness (QED) is 0.868. The third kappa shape index (κ3) is 4.36. The molecule has 1 fully saturated rings. The Labute approximate surface area is 125 Å². The van der Waals surface area contributed by atoms with Gasteiger partial charge in [-0.2, -0.15) is 0 Å². The Kier molecular flexibility index (Phi) is 5.44. The van der Waals surface area contributed by atoms with E-state index in [-0.39, 0.29) is 18.6 Å². The fraction of sp³-hybridized carbons (Fsp3) is 0.562. The van der Waals surface area contributed by atoms with Crippen LogP contribution in [0, 0.1) is 6.92 Å². The van der Waals surface area contributed by atoms with Crippen LogP contribution in [-0.2, 0) is 4.79 Å². The van der Waals surface area contributed by atoms with Crippen molar-refractivity contribution in [1.82, 2.24) is 5.32 Å². The van der Waals surface area contributed by atoms with E-state index in [1.807, 2.05) is 19.1 Å². The van der Waals surface area contributed by atoms with Crippen LogP contribution in [0.4, 0.5) is 0 Å². The number of methoxy groups -OCH3 is 1. The monoisotopic (exact) mass is 293 g/mol. The second kappa shape index (κ2) is 7.31. The van der Waals surface area contributed by atoms with E-state index in [4.69, 9.17) is 9.47 Å². The van der Waals surface area contributed by atoms with Crippen LogP contribution in [0.2, 0.25) is 0 Å². The van der Waals surface area contributed by atoms with Crippen molar-refractivity contribution in [3.8, 4) is 11.5 Å². The van der Waals surface area contributed by atoms with Crippen LogP contribution < -0.4 is 14.8 Å². The van der Waals surface area contributed by atoms with Crippen LogP contribution in [-0.4, -0.2) is 36.9 Å². The molecule has 2 rings (SSSR count). The molecule has 5 heteroatoms. The molecule has 0 heterocycles. The standard InChI is InChI=1S/C16H23NO4/c1-11-7-8-14(15(9-11)20-2)21-10-16(19)17-12-5-3-4-6-13(12)18/h7-9,12-13,18H,3-6,10H2,1-2H3,(H,17,19). The van der Waals surface area contributed by atoms with E-state index in [0.29, 0.717) is 11.5 Å². The highest BCUT2D eigenvalue weighted by Gasteiger charge is 2.24. The first kappa shape index (κ1) is 15.6. The van der Waals surface area contributed by atoms with Crippen LogP contribution in [0.25, 0.3) is 0 Å². The van der Waals surface area contributed by atoms with E-state index in [0.717, 1.165) is 31.2 Å². The number of hydrogen-bond acceptors (Lipinski definition) is 4. The molecule has 0 saturated heterocycles. The fourth-order valence-electron chi connectivity index (χ4n) is 2.57. The molecular weight excluding hydrogens is 270 g/mol. The molecule has 116 valence electrons. The van der Waals surface area contributed by atoms with Gasteiger partial charge in [-0.1, -0.05) is 18.9 Å². The van der Waals surface area contributed by atoms with E-state index >= 15 is 0 Å². The zero-order valence-corrected chi connectivity index (χ0v) is 12.6. The molecule has 0 radical (unpaired) electrons. The number of ether oxygens (including phenoxy) is 2. The molecule has 1 aromatic carbocycles. The fourth-order valence-corrected chi connectivity index (χ4v) is 2.57. The third-order valence-electron chi connectivity index (χ3n) is 3.75. The molecule has 0 aromatic heterocycles. The average Bonchev–Trinajstić information content (AvgIpc) is 2.48. The van der Waals surface area contributed by atoms with Gasteiger partial charge >= 0.3 is 0 Å². The molecule has 2 atom stereocenters. The van der Waals surface area contributed by atoms with Gasteiger partial charge in [0.05, 0.1) is 19.3 Å². The van der Waals surface area contributed by atoms with E-state index in [1.54, 1.807) is 13.2 Å². The Bertz CT molecular complexity index is 489. The summed E-state index contributed by atoms with van der Waals surface area (Å²) >= 11 is 0. The lowest BCUT2D eigenvalue weighted by molar-refractivity contribution is -0.125. The van der Waals surface area contributed by atoms with Crippen molar-refractivity contribution in [3.63, 3.8) is 0 Å². The highest BCUT2D eigenvalue weighted by Crippen LogP contribution is 2.27. The number of benzene rings is 1. The molecule has 1 amide bonds. The Balaban J connectivity index is 1.86. The van der Waals surface area contributed by atoms with Crippen LogP contribution in [0.15, 0.2) is 18.2 Å². The first-order valence-corrected chi connectivity index (χ1v) is 7.35. The Morgan fingerprint density at radius 1 is 1.33 bits per heavy atom. The molecule has 21 heavy (non-hydrogen) atoms. The number of nitrogens with one attached hydrogen (secondary N) is 1. The number of hydrogen-bond donors (Lipinski definition) is 2. The summed E-state index contributed by atoms with van der Waals surface area (Å²) in [5.41, 5.74) is 1.06. The van der Waals surface area contributed by atoms with E-state index in [2.05, 4.69) is 5.32 Å². The lowest BCUT2D eigenvalue weighted by atomic mass is 9.92. The van der Waals surface area contributed by atoms with Gasteiger partial charge in [0, 0.05) is 0 Å². The zero-order chi connectivity index (χ0) is 15.2. The largest absolute Gasteiger partial charge is 0.493 e. The summed E-state index contributed by atoms with van der Waals surface area (Å²) in [6, 6.07) is 5.39. The topological polar surface area (TPSA) is 67.8 Å². The van der Waals surface area contributed by atoms with Crippen molar-refractivity contribution in [1.29, 1.82) is 0 Å². The Morgan fingerprint density at radius 3 is 2.81 bits per heavy atom. The minimum atomic E-state index is -0.448. The molecule has 1 saturated carbocycles. The molecular formula is C16H23NO4. The Morgan fingerprint density at radius 2 is 2.10 bits per heavy atom. The number of carbonyl (C=O) groups excluding carboxylic acids is 1. The summed E-state index contributed by atoms with van der Waals surface area (Å²) in [7, 11) is 1.57. The van der Waals surface area contributed by atoms with Crippen LogP contribution in [0.3, 0.4) is 0 Å². The van der Waals surface area contributed by atoms with E-state index < -0.39 is 6.10 Å². The third-order valence-corrected chi connectivity index (χ3v) is 3.75. The van der Waals surface area contributed by atoms with Crippen molar-refractivity contribution in [2.45, 2.75) is 44.8 Å². The molecule has 0 aliphatic heterocycles. The number of aryl methyl sites for hydroxylation is 1. The number of aliphatic hydroxyl groups excluding tert-OH is 1. The first-order valence-electron chi connectivity index (χ1n) is 7.35. The molecule has 2 unspecified atom stereocenters.